The lowest BCUT2D eigenvalue weighted by atomic mass is 10.2. The van der Waals surface area contributed by atoms with Gasteiger partial charge in [-0.25, -0.2) is 12.7 Å². The maximum Gasteiger partial charge on any atom is 0.306 e. The molecule has 1 rings (SSSR count). The zero-order valence-electron chi connectivity index (χ0n) is 11.0. The smallest absolute Gasteiger partial charge is 0.306 e. The van der Waals surface area contributed by atoms with E-state index in [9.17, 15) is 13.2 Å². The molecule has 0 bridgehead atoms. The van der Waals surface area contributed by atoms with E-state index in [1.54, 1.807) is 6.92 Å². The summed E-state index contributed by atoms with van der Waals surface area (Å²) in [6, 6.07) is -0.141. The molecule has 2 N–H and O–H groups in total. The Kier molecular flexibility index (Phi) is 5.55. The Bertz CT molecular complexity index is 379. The summed E-state index contributed by atoms with van der Waals surface area (Å²) in [5.74, 6) is -0.325. The van der Waals surface area contributed by atoms with E-state index < -0.39 is 16.0 Å². The van der Waals surface area contributed by atoms with Crippen molar-refractivity contribution in [1.29, 1.82) is 0 Å². The zero-order valence-corrected chi connectivity index (χ0v) is 11.8. The second-order valence-electron chi connectivity index (χ2n) is 4.53. The van der Waals surface area contributed by atoms with Gasteiger partial charge in [-0.3, -0.25) is 4.79 Å². The maximum absolute atomic E-state index is 12.0. The van der Waals surface area contributed by atoms with Gasteiger partial charge in [0.05, 0.1) is 18.8 Å². The highest BCUT2D eigenvalue weighted by Gasteiger charge is 2.37. The molecule has 18 heavy (non-hydrogen) atoms. The van der Waals surface area contributed by atoms with Gasteiger partial charge in [0.15, 0.2) is 0 Å². The topological polar surface area (TPSA) is 89.7 Å². The summed E-state index contributed by atoms with van der Waals surface area (Å²) >= 11 is 0. The summed E-state index contributed by atoms with van der Waals surface area (Å²) in [6.45, 7) is 2.28. The molecule has 0 radical (unpaired) electrons. The van der Waals surface area contributed by atoms with E-state index in [0.717, 1.165) is 12.8 Å². The van der Waals surface area contributed by atoms with E-state index in [1.165, 1.54) is 11.4 Å². The summed E-state index contributed by atoms with van der Waals surface area (Å²) in [6.07, 6.45) is 1.95. The SMILES string of the molecule is CCOC(=O)CCS(=O)(=O)N(C)C(CN)C1CC1. The minimum absolute atomic E-state index is 0.109. The average molecular weight is 278 g/mol. The van der Waals surface area contributed by atoms with E-state index >= 15 is 0 Å². The minimum atomic E-state index is -3.44. The first-order valence-electron chi connectivity index (χ1n) is 6.23. The van der Waals surface area contributed by atoms with Gasteiger partial charge in [0.2, 0.25) is 10.0 Å². The van der Waals surface area contributed by atoms with E-state index in [1.807, 2.05) is 0 Å². The second kappa shape index (κ2) is 6.49. The number of esters is 1. The molecular formula is C11H22N2O4S. The maximum atomic E-state index is 12.0. The molecule has 0 amide bonds. The van der Waals surface area contributed by atoms with Crippen molar-refractivity contribution in [2.45, 2.75) is 32.2 Å². The van der Waals surface area contributed by atoms with Crippen LogP contribution in [0.25, 0.3) is 0 Å². The van der Waals surface area contributed by atoms with Gasteiger partial charge in [-0.05, 0) is 25.7 Å². The average Bonchev–Trinajstić information content (AvgIpc) is 3.12. The van der Waals surface area contributed by atoms with E-state index in [2.05, 4.69) is 0 Å². The lowest BCUT2D eigenvalue weighted by Gasteiger charge is -2.26. The highest BCUT2D eigenvalue weighted by molar-refractivity contribution is 7.89. The molecule has 0 heterocycles. The molecule has 0 saturated heterocycles. The fourth-order valence-corrected chi connectivity index (χ4v) is 3.30. The van der Waals surface area contributed by atoms with Crippen LogP contribution in [0.5, 0.6) is 0 Å². The molecular weight excluding hydrogens is 256 g/mol. The lowest BCUT2D eigenvalue weighted by molar-refractivity contribution is -0.142. The van der Waals surface area contributed by atoms with E-state index in [-0.39, 0.29) is 24.8 Å². The molecule has 1 saturated carbocycles. The number of ether oxygens (including phenoxy) is 1. The van der Waals surface area contributed by atoms with Crippen LogP contribution in [0.3, 0.4) is 0 Å². The fourth-order valence-electron chi connectivity index (χ4n) is 1.91. The Balaban J connectivity index is 2.53. The van der Waals surface area contributed by atoms with Gasteiger partial charge in [-0.15, -0.1) is 0 Å². The van der Waals surface area contributed by atoms with Crippen LogP contribution >= 0.6 is 0 Å². The molecule has 0 aromatic rings. The van der Waals surface area contributed by atoms with Crippen LogP contribution in [0.2, 0.25) is 0 Å². The first-order chi connectivity index (χ1) is 8.42. The molecule has 0 aliphatic heterocycles. The summed E-state index contributed by atoms with van der Waals surface area (Å²) in [5, 5.41) is 0. The first kappa shape index (κ1) is 15.4. The summed E-state index contributed by atoms with van der Waals surface area (Å²) in [7, 11) is -1.90. The highest BCUT2D eigenvalue weighted by Crippen LogP contribution is 2.35. The summed E-state index contributed by atoms with van der Waals surface area (Å²) < 4.78 is 30.1. The third-order valence-electron chi connectivity index (χ3n) is 3.18. The van der Waals surface area contributed by atoms with Gasteiger partial charge in [0.1, 0.15) is 0 Å². The quantitative estimate of drug-likeness (QED) is 0.628. The molecule has 106 valence electrons. The van der Waals surface area contributed by atoms with Crippen molar-refractivity contribution in [1.82, 2.24) is 4.31 Å². The molecule has 0 aromatic carbocycles. The number of rotatable bonds is 8. The summed E-state index contributed by atoms with van der Waals surface area (Å²) in [4.78, 5) is 11.2. The predicted octanol–water partition coefficient (Wildman–Crippen LogP) is -0.0615. The molecule has 7 heteroatoms. The van der Waals surface area contributed by atoms with Crippen molar-refractivity contribution >= 4 is 16.0 Å². The van der Waals surface area contributed by atoms with Crippen molar-refractivity contribution < 1.29 is 17.9 Å². The van der Waals surface area contributed by atoms with Crippen molar-refractivity contribution in [3.05, 3.63) is 0 Å². The van der Waals surface area contributed by atoms with Crippen LogP contribution in [0, 0.1) is 5.92 Å². The Morgan fingerprint density at radius 1 is 1.50 bits per heavy atom. The Hall–Kier alpha value is -0.660. The Morgan fingerprint density at radius 2 is 2.11 bits per heavy atom. The standard InChI is InChI=1S/C11H22N2O4S/c1-3-17-11(14)6-7-18(15,16)13(2)10(8-12)9-4-5-9/h9-10H,3-8,12H2,1-2H3. The van der Waals surface area contributed by atoms with Gasteiger partial charge < -0.3 is 10.5 Å². The predicted molar refractivity (Wildman–Crippen MR) is 68.4 cm³/mol. The molecule has 1 fully saturated rings. The van der Waals surface area contributed by atoms with Gasteiger partial charge in [0, 0.05) is 19.6 Å². The van der Waals surface area contributed by atoms with Crippen LogP contribution in [0.15, 0.2) is 0 Å². The third kappa shape index (κ3) is 4.22. The molecule has 0 aromatic heterocycles. The van der Waals surface area contributed by atoms with Gasteiger partial charge in [-0.2, -0.15) is 0 Å². The van der Waals surface area contributed by atoms with Crippen molar-refractivity contribution in [2.75, 3.05) is 26.0 Å². The highest BCUT2D eigenvalue weighted by atomic mass is 32.2. The van der Waals surface area contributed by atoms with Crippen LogP contribution in [-0.2, 0) is 19.6 Å². The zero-order chi connectivity index (χ0) is 13.8. The lowest BCUT2D eigenvalue weighted by Crippen LogP contribution is -2.44. The molecule has 6 nitrogen and oxygen atoms in total. The minimum Gasteiger partial charge on any atom is -0.466 e. The monoisotopic (exact) mass is 278 g/mol. The largest absolute Gasteiger partial charge is 0.466 e. The molecule has 1 aliphatic rings. The number of carbonyl (C=O) groups excluding carboxylic acids is 1. The van der Waals surface area contributed by atoms with Crippen molar-refractivity contribution in [2.24, 2.45) is 11.7 Å². The third-order valence-corrected chi connectivity index (χ3v) is 5.05. The number of likely N-dealkylation sites (N-methyl/N-ethyl adjacent to an activating group) is 1. The van der Waals surface area contributed by atoms with Crippen LogP contribution in [0.1, 0.15) is 26.2 Å². The fraction of sp³-hybridized carbons (Fsp3) is 0.909. The van der Waals surface area contributed by atoms with Crippen LogP contribution in [-0.4, -0.2) is 50.7 Å². The number of hydrogen-bond donors (Lipinski definition) is 1. The number of carbonyl (C=O) groups is 1. The molecule has 1 atom stereocenters. The molecule has 1 unspecified atom stereocenters. The summed E-state index contributed by atoms with van der Waals surface area (Å²) in [5.41, 5.74) is 5.62. The molecule has 0 spiro atoms. The van der Waals surface area contributed by atoms with Crippen molar-refractivity contribution in [3.8, 4) is 0 Å². The number of sulfonamides is 1. The van der Waals surface area contributed by atoms with Gasteiger partial charge in [-0.1, -0.05) is 0 Å². The number of nitrogens with zero attached hydrogens (tertiary/aromatic N) is 1. The number of hydrogen-bond acceptors (Lipinski definition) is 5. The van der Waals surface area contributed by atoms with E-state index in [4.69, 9.17) is 10.5 Å². The second-order valence-corrected chi connectivity index (χ2v) is 6.68. The van der Waals surface area contributed by atoms with Gasteiger partial charge in [0.25, 0.3) is 0 Å². The Labute approximate surface area is 109 Å². The number of nitrogens with two attached hydrogens (primary N) is 1. The van der Waals surface area contributed by atoms with Crippen molar-refractivity contribution in [3.63, 3.8) is 0 Å². The first-order valence-corrected chi connectivity index (χ1v) is 7.84. The van der Waals surface area contributed by atoms with Crippen LogP contribution in [0.4, 0.5) is 0 Å². The molecule has 1 aliphatic carbocycles. The normalized spacial score (nSPS) is 17.8. The van der Waals surface area contributed by atoms with E-state index in [0.29, 0.717) is 12.5 Å². The Morgan fingerprint density at radius 3 is 2.56 bits per heavy atom. The van der Waals surface area contributed by atoms with Gasteiger partial charge >= 0.3 is 5.97 Å². The van der Waals surface area contributed by atoms with Crippen LogP contribution < -0.4 is 5.73 Å².